The van der Waals surface area contributed by atoms with Gasteiger partial charge < -0.3 is 9.53 Å². The molecule has 0 saturated heterocycles. The average molecular weight is 326 g/mol. The first-order chi connectivity index (χ1) is 12.3. The summed E-state index contributed by atoms with van der Waals surface area (Å²) < 4.78 is 6.72. The fourth-order valence-corrected chi connectivity index (χ4v) is 4.02. The lowest BCUT2D eigenvalue weighted by Gasteiger charge is -2.35. The lowest BCUT2D eigenvalue weighted by atomic mass is 9.83. The van der Waals surface area contributed by atoms with Crippen molar-refractivity contribution in [2.24, 2.45) is 0 Å². The molecule has 0 bridgehead atoms. The Balaban J connectivity index is 1.85. The molecular weight excluding hydrogens is 308 g/mol. The molecule has 0 aliphatic heterocycles. The van der Waals surface area contributed by atoms with Crippen LogP contribution in [0.4, 0.5) is 0 Å². The Morgan fingerprint density at radius 1 is 0.720 bits per heavy atom. The number of carbonyl (C=O) groups excluding carboxylic acids is 1. The maximum Gasteiger partial charge on any atom is 0.151 e. The van der Waals surface area contributed by atoms with Gasteiger partial charge in [0.25, 0.3) is 0 Å². The van der Waals surface area contributed by atoms with E-state index >= 15 is 0 Å². The number of aldehydes is 1. The highest BCUT2D eigenvalue weighted by Crippen LogP contribution is 2.57. The minimum absolute atomic E-state index is 0.666. The molecular formula is C23H18O2. The van der Waals surface area contributed by atoms with Crippen LogP contribution >= 0.6 is 0 Å². The number of hydrogen-bond donors (Lipinski definition) is 0. The largest absolute Gasteiger partial charge is 0.347 e. The van der Waals surface area contributed by atoms with Crippen LogP contribution in [0.25, 0.3) is 11.1 Å². The first-order valence-electron chi connectivity index (χ1n) is 8.71. The van der Waals surface area contributed by atoms with Crippen molar-refractivity contribution in [3.8, 4) is 11.1 Å². The maximum atomic E-state index is 11.7. The van der Waals surface area contributed by atoms with Crippen LogP contribution in [0.1, 0.15) is 29.5 Å². The molecule has 0 radical (unpaired) electrons. The smallest absolute Gasteiger partial charge is 0.151 e. The monoisotopic (exact) mass is 326 g/mol. The highest BCUT2D eigenvalue weighted by molar-refractivity contribution is 5.83. The van der Waals surface area contributed by atoms with Gasteiger partial charge in [0.1, 0.15) is 11.2 Å². The van der Waals surface area contributed by atoms with Gasteiger partial charge in [-0.05, 0) is 29.5 Å². The van der Waals surface area contributed by atoms with Crippen molar-refractivity contribution in [3.63, 3.8) is 0 Å². The third kappa shape index (κ3) is 1.98. The maximum absolute atomic E-state index is 11.7. The van der Waals surface area contributed by atoms with Crippen LogP contribution in [0.2, 0.25) is 0 Å². The number of hydrogen-bond acceptors (Lipinski definition) is 2. The average Bonchev–Trinajstić information content (AvgIpc) is 3.41. The fourth-order valence-electron chi connectivity index (χ4n) is 4.02. The topological polar surface area (TPSA) is 26.3 Å². The van der Waals surface area contributed by atoms with Gasteiger partial charge >= 0.3 is 0 Å². The number of fused-ring (bicyclic) bond motifs is 3. The molecule has 0 amide bonds. The van der Waals surface area contributed by atoms with E-state index in [1.807, 2.05) is 30.3 Å². The minimum atomic E-state index is -0.730. The number of carbonyl (C=O) groups is 1. The van der Waals surface area contributed by atoms with E-state index in [4.69, 9.17) is 4.74 Å². The van der Waals surface area contributed by atoms with Crippen molar-refractivity contribution in [1.82, 2.24) is 0 Å². The summed E-state index contributed by atoms with van der Waals surface area (Å²) in [6.45, 7) is 0. The molecule has 2 heteroatoms. The van der Waals surface area contributed by atoms with Gasteiger partial charge in [-0.1, -0.05) is 78.9 Å². The first-order valence-corrected chi connectivity index (χ1v) is 8.71. The molecule has 5 rings (SSSR count). The second-order valence-electron chi connectivity index (χ2n) is 6.92. The molecule has 0 heterocycles. The van der Waals surface area contributed by atoms with Gasteiger partial charge in [0.05, 0.1) is 0 Å². The second kappa shape index (κ2) is 5.14. The molecule has 3 aromatic rings. The van der Waals surface area contributed by atoms with E-state index in [9.17, 15) is 4.79 Å². The first kappa shape index (κ1) is 14.6. The highest BCUT2D eigenvalue weighted by Gasteiger charge is 2.55. The Morgan fingerprint density at radius 3 is 1.76 bits per heavy atom. The minimum Gasteiger partial charge on any atom is -0.347 e. The van der Waals surface area contributed by atoms with Crippen LogP contribution in [-0.4, -0.2) is 11.9 Å². The van der Waals surface area contributed by atoms with E-state index in [1.165, 1.54) is 11.1 Å². The van der Waals surface area contributed by atoms with Crippen molar-refractivity contribution in [3.05, 3.63) is 95.6 Å². The Labute approximate surface area is 147 Å². The third-order valence-electron chi connectivity index (χ3n) is 5.40. The molecule has 0 aromatic heterocycles. The second-order valence-corrected chi connectivity index (χ2v) is 6.92. The normalized spacial score (nSPS) is 18.2. The summed E-state index contributed by atoms with van der Waals surface area (Å²) in [5.41, 5.74) is 4.28. The van der Waals surface area contributed by atoms with Crippen LogP contribution in [-0.2, 0) is 15.1 Å². The Kier molecular flexibility index (Phi) is 3.01. The van der Waals surface area contributed by atoms with E-state index < -0.39 is 11.2 Å². The van der Waals surface area contributed by atoms with Gasteiger partial charge in [0.2, 0.25) is 0 Å². The van der Waals surface area contributed by atoms with E-state index in [-0.39, 0.29) is 0 Å². The molecule has 122 valence electrons. The molecule has 0 spiro atoms. The molecule has 0 atom stereocenters. The molecule has 25 heavy (non-hydrogen) atoms. The van der Waals surface area contributed by atoms with Crippen molar-refractivity contribution in [1.29, 1.82) is 0 Å². The number of ether oxygens (including phenoxy) is 1. The van der Waals surface area contributed by atoms with Gasteiger partial charge in [-0.3, -0.25) is 0 Å². The Bertz CT molecular complexity index is 909. The lowest BCUT2D eigenvalue weighted by molar-refractivity contribution is -0.129. The zero-order chi connectivity index (χ0) is 16.9. The molecule has 1 fully saturated rings. The molecule has 2 aliphatic rings. The van der Waals surface area contributed by atoms with Crippen LogP contribution in [0.5, 0.6) is 0 Å². The van der Waals surface area contributed by atoms with E-state index in [0.29, 0.717) is 0 Å². The predicted molar refractivity (Wildman–Crippen MR) is 97.3 cm³/mol. The fraction of sp³-hybridized carbons (Fsp3) is 0.174. The third-order valence-corrected chi connectivity index (χ3v) is 5.40. The van der Waals surface area contributed by atoms with Crippen molar-refractivity contribution in [2.75, 3.05) is 0 Å². The van der Waals surface area contributed by atoms with Gasteiger partial charge in [0.15, 0.2) is 6.29 Å². The van der Waals surface area contributed by atoms with Gasteiger partial charge in [-0.15, -0.1) is 0 Å². The molecule has 1 saturated carbocycles. The van der Waals surface area contributed by atoms with Gasteiger partial charge in [-0.2, -0.15) is 0 Å². The van der Waals surface area contributed by atoms with Gasteiger partial charge in [0, 0.05) is 11.1 Å². The summed E-state index contributed by atoms with van der Waals surface area (Å²) in [5.74, 6) is 0. The van der Waals surface area contributed by atoms with E-state index in [0.717, 1.165) is 35.8 Å². The summed E-state index contributed by atoms with van der Waals surface area (Å²) in [4.78, 5) is 11.7. The zero-order valence-electron chi connectivity index (χ0n) is 13.8. The summed E-state index contributed by atoms with van der Waals surface area (Å²) >= 11 is 0. The molecule has 0 unspecified atom stereocenters. The molecule has 2 nitrogen and oxygen atoms in total. The van der Waals surface area contributed by atoms with E-state index in [2.05, 4.69) is 48.5 Å². The predicted octanol–water partition coefficient (Wildman–Crippen LogP) is 4.71. The van der Waals surface area contributed by atoms with Crippen molar-refractivity contribution >= 4 is 6.29 Å². The van der Waals surface area contributed by atoms with E-state index in [1.54, 1.807) is 0 Å². The summed E-state index contributed by atoms with van der Waals surface area (Å²) in [7, 11) is 0. The van der Waals surface area contributed by atoms with Crippen molar-refractivity contribution in [2.45, 2.75) is 24.0 Å². The quantitative estimate of drug-likeness (QED) is 0.649. The summed E-state index contributed by atoms with van der Waals surface area (Å²) in [5, 5.41) is 0. The van der Waals surface area contributed by atoms with Crippen LogP contribution in [0.3, 0.4) is 0 Å². The van der Waals surface area contributed by atoms with Crippen molar-refractivity contribution < 1.29 is 9.53 Å². The standard InChI is InChI=1S/C23H18O2/c24-16-22(14-15-22)25-23(17-8-2-1-3-9-17)20-12-6-4-10-18(20)19-11-5-7-13-21(19)23/h1-13,16H,14-15H2. The van der Waals surface area contributed by atoms with Crippen LogP contribution in [0.15, 0.2) is 78.9 Å². The molecule has 3 aromatic carbocycles. The molecule has 0 N–H and O–H groups in total. The number of rotatable bonds is 4. The SMILES string of the molecule is O=CC1(OC2(c3ccccc3)c3ccccc3-c3ccccc32)CC1. The molecule has 2 aliphatic carbocycles. The summed E-state index contributed by atoms with van der Waals surface area (Å²) in [6, 6.07) is 27.0. The lowest BCUT2D eigenvalue weighted by Crippen LogP contribution is -2.37. The van der Waals surface area contributed by atoms with Crippen LogP contribution in [0, 0.1) is 0 Å². The zero-order valence-corrected chi connectivity index (χ0v) is 13.8. The van der Waals surface area contributed by atoms with Gasteiger partial charge in [-0.25, -0.2) is 0 Å². The number of benzene rings is 3. The Morgan fingerprint density at radius 2 is 1.24 bits per heavy atom. The Hall–Kier alpha value is -2.71. The summed E-state index contributed by atoms with van der Waals surface area (Å²) in [6.07, 6.45) is 2.56. The van der Waals surface area contributed by atoms with Crippen LogP contribution < -0.4 is 0 Å². The highest BCUT2D eigenvalue weighted by atomic mass is 16.5.